The lowest BCUT2D eigenvalue weighted by molar-refractivity contribution is -0.140. The van der Waals surface area contributed by atoms with Gasteiger partial charge in [-0.15, -0.1) is 0 Å². The highest BCUT2D eigenvalue weighted by molar-refractivity contribution is 6.06. The van der Waals surface area contributed by atoms with Gasteiger partial charge in [0.1, 0.15) is 23.0 Å². The highest BCUT2D eigenvalue weighted by Crippen LogP contribution is 2.31. The van der Waals surface area contributed by atoms with Crippen LogP contribution in [0.25, 0.3) is 11.0 Å². The Bertz CT molecular complexity index is 1380. The summed E-state index contributed by atoms with van der Waals surface area (Å²) >= 11 is 0. The third kappa shape index (κ3) is 4.64. The summed E-state index contributed by atoms with van der Waals surface area (Å²) in [6.07, 6.45) is -1.89. The third-order valence-corrected chi connectivity index (χ3v) is 5.94. The summed E-state index contributed by atoms with van der Waals surface area (Å²) in [6.45, 7) is 2.15. The van der Waals surface area contributed by atoms with Crippen LogP contribution in [0.1, 0.15) is 28.2 Å². The minimum absolute atomic E-state index is 0.0825. The number of anilines is 2. The predicted molar refractivity (Wildman–Crippen MR) is 126 cm³/mol. The maximum Gasteiger partial charge on any atom is 0.433 e. The normalized spacial score (nSPS) is 13.5. The summed E-state index contributed by atoms with van der Waals surface area (Å²) in [4.78, 5) is 23.5. The number of halogens is 3. The van der Waals surface area contributed by atoms with Crippen LogP contribution in [0.5, 0.6) is 5.75 Å². The van der Waals surface area contributed by atoms with Crippen molar-refractivity contribution in [1.29, 1.82) is 0 Å². The van der Waals surface area contributed by atoms with Crippen LogP contribution < -0.4 is 15.0 Å². The molecular formula is C25H22F3N5O2. The lowest BCUT2D eigenvalue weighted by Gasteiger charge is -2.31. The first-order valence-electron chi connectivity index (χ1n) is 11.0. The van der Waals surface area contributed by atoms with Crippen molar-refractivity contribution in [3.8, 4) is 5.75 Å². The first-order valence-corrected chi connectivity index (χ1v) is 11.0. The van der Waals surface area contributed by atoms with Crippen molar-refractivity contribution >= 4 is 28.4 Å². The Balaban J connectivity index is 1.50. The summed E-state index contributed by atoms with van der Waals surface area (Å²) in [7, 11) is 1.55. The van der Waals surface area contributed by atoms with Gasteiger partial charge < -0.3 is 19.5 Å². The Labute approximate surface area is 199 Å². The van der Waals surface area contributed by atoms with Gasteiger partial charge in [-0.25, -0.2) is 9.97 Å². The van der Waals surface area contributed by atoms with Gasteiger partial charge in [-0.2, -0.15) is 13.2 Å². The van der Waals surface area contributed by atoms with E-state index in [1.54, 1.807) is 30.0 Å². The molecule has 5 rings (SSSR count). The molecule has 4 aromatic rings. The van der Waals surface area contributed by atoms with E-state index in [9.17, 15) is 18.0 Å². The fourth-order valence-corrected chi connectivity index (χ4v) is 4.00. The Morgan fingerprint density at radius 1 is 1.11 bits per heavy atom. The predicted octanol–water partition coefficient (Wildman–Crippen LogP) is 4.97. The van der Waals surface area contributed by atoms with Gasteiger partial charge in [-0.3, -0.25) is 4.79 Å². The first-order chi connectivity index (χ1) is 16.8. The van der Waals surface area contributed by atoms with Crippen molar-refractivity contribution in [2.24, 2.45) is 0 Å². The summed E-state index contributed by atoms with van der Waals surface area (Å²) in [6, 6.07) is 14.5. The zero-order valence-corrected chi connectivity index (χ0v) is 18.8. The van der Waals surface area contributed by atoms with Gasteiger partial charge in [0.25, 0.3) is 5.91 Å². The molecule has 0 radical (unpaired) electrons. The number of methoxy groups -OCH3 is 1. The second kappa shape index (κ2) is 8.94. The van der Waals surface area contributed by atoms with E-state index in [1.807, 2.05) is 24.3 Å². The van der Waals surface area contributed by atoms with Gasteiger partial charge in [-0.05, 0) is 54.4 Å². The van der Waals surface area contributed by atoms with E-state index in [0.29, 0.717) is 17.0 Å². The van der Waals surface area contributed by atoms with E-state index >= 15 is 0 Å². The van der Waals surface area contributed by atoms with E-state index in [-0.39, 0.29) is 17.8 Å². The Morgan fingerprint density at radius 2 is 1.94 bits per heavy atom. The Kier molecular flexibility index (Phi) is 5.80. The molecule has 1 aromatic carbocycles. The molecule has 1 amide bonds. The van der Waals surface area contributed by atoms with Crippen LogP contribution in [0, 0.1) is 0 Å². The van der Waals surface area contributed by atoms with Crippen molar-refractivity contribution in [2.75, 3.05) is 30.4 Å². The van der Waals surface area contributed by atoms with Gasteiger partial charge in [0.2, 0.25) is 0 Å². The molecule has 0 aliphatic carbocycles. The quantitative estimate of drug-likeness (QED) is 0.421. The second-order valence-electron chi connectivity index (χ2n) is 8.27. The molecule has 1 aliphatic rings. The topological polar surface area (TPSA) is 72.3 Å². The third-order valence-electron chi connectivity index (χ3n) is 5.94. The second-order valence-corrected chi connectivity index (χ2v) is 8.27. The molecule has 7 nitrogen and oxygen atoms in total. The maximum atomic E-state index is 13.2. The lowest BCUT2D eigenvalue weighted by Crippen LogP contribution is -2.37. The van der Waals surface area contributed by atoms with Crippen LogP contribution in [0.3, 0.4) is 0 Å². The number of carbonyl (C=O) groups excluding carboxylic acids is 1. The number of rotatable bonds is 6. The minimum Gasteiger partial charge on any atom is -0.497 e. The highest BCUT2D eigenvalue weighted by atomic mass is 19.4. The number of hydrogen-bond acceptors (Lipinski definition) is 5. The molecule has 1 aliphatic heterocycles. The number of benzene rings is 1. The molecule has 180 valence electrons. The molecule has 0 saturated carbocycles. The molecule has 0 bridgehead atoms. The molecule has 1 fully saturated rings. The number of nitrogens with one attached hydrogen (secondary N) is 1. The number of hydrogen-bond donors (Lipinski definition) is 1. The van der Waals surface area contributed by atoms with E-state index in [2.05, 4.69) is 20.2 Å². The molecule has 0 atom stereocenters. The van der Waals surface area contributed by atoms with Gasteiger partial charge in [0.15, 0.2) is 0 Å². The first kappa shape index (κ1) is 22.7. The van der Waals surface area contributed by atoms with Crippen LogP contribution >= 0.6 is 0 Å². The number of nitrogens with zero attached hydrogens (tertiary/aromatic N) is 4. The molecule has 0 unspecified atom stereocenters. The number of ether oxygens (including phenoxy) is 1. The number of alkyl halides is 3. The average molecular weight is 481 g/mol. The summed E-state index contributed by atoms with van der Waals surface area (Å²) in [5, 5.41) is 2.80. The molecule has 3 aromatic heterocycles. The van der Waals surface area contributed by atoms with Crippen molar-refractivity contribution in [1.82, 2.24) is 14.5 Å². The van der Waals surface area contributed by atoms with Gasteiger partial charge in [0.05, 0.1) is 30.0 Å². The van der Waals surface area contributed by atoms with Gasteiger partial charge in [-0.1, -0.05) is 12.1 Å². The maximum absolute atomic E-state index is 13.2. The molecule has 4 heterocycles. The number of aromatic nitrogens is 3. The van der Waals surface area contributed by atoms with Crippen molar-refractivity contribution in [3.05, 3.63) is 77.7 Å². The SMILES string of the molecule is COc1cccc(Cn2c(C(=O)Nc3ccc(N4CCC4)nc3)cc3nc(C(F)(F)F)ccc32)c1. The van der Waals surface area contributed by atoms with E-state index in [4.69, 9.17) is 4.74 Å². The van der Waals surface area contributed by atoms with Gasteiger partial charge in [0, 0.05) is 19.6 Å². The summed E-state index contributed by atoms with van der Waals surface area (Å²) < 4.78 is 46.7. The van der Waals surface area contributed by atoms with E-state index < -0.39 is 17.8 Å². The molecule has 35 heavy (non-hydrogen) atoms. The summed E-state index contributed by atoms with van der Waals surface area (Å²) in [5.74, 6) is 0.999. The fraction of sp³-hybridized carbons (Fsp3) is 0.240. The number of fused-ring (bicyclic) bond motifs is 1. The standard InChI is InChI=1S/C25H22F3N5O2/c1-35-18-5-2-4-16(12-18)15-33-20-7-8-22(25(26,27)28)31-19(20)13-21(33)24(34)30-17-6-9-23(29-14-17)32-10-3-11-32/h2,4-9,12-14H,3,10-11,15H2,1H3,(H,30,34). The van der Waals surface area contributed by atoms with Gasteiger partial charge >= 0.3 is 6.18 Å². The molecule has 0 spiro atoms. The van der Waals surface area contributed by atoms with Crippen LogP contribution in [0.4, 0.5) is 24.7 Å². The van der Waals surface area contributed by atoms with Crippen molar-refractivity contribution in [3.63, 3.8) is 0 Å². The molecule has 1 saturated heterocycles. The van der Waals surface area contributed by atoms with E-state index in [1.165, 1.54) is 12.1 Å². The molecule has 1 N–H and O–H groups in total. The monoisotopic (exact) mass is 481 g/mol. The largest absolute Gasteiger partial charge is 0.497 e. The molecular weight excluding hydrogens is 459 g/mol. The lowest BCUT2D eigenvalue weighted by atomic mass is 10.2. The van der Waals surface area contributed by atoms with Crippen LogP contribution in [0.2, 0.25) is 0 Å². The number of amides is 1. The number of pyridine rings is 2. The zero-order chi connectivity index (χ0) is 24.6. The van der Waals surface area contributed by atoms with E-state index in [0.717, 1.165) is 37.0 Å². The van der Waals surface area contributed by atoms with Crippen LogP contribution in [0.15, 0.2) is 60.8 Å². The molecule has 10 heteroatoms. The minimum atomic E-state index is -4.59. The van der Waals surface area contributed by atoms with Crippen LogP contribution in [-0.4, -0.2) is 40.6 Å². The summed E-state index contributed by atoms with van der Waals surface area (Å²) in [5.41, 5.74) is 0.969. The zero-order valence-electron chi connectivity index (χ0n) is 18.8. The highest BCUT2D eigenvalue weighted by Gasteiger charge is 2.33. The Morgan fingerprint density at radius 3 is 2.60 bits per heavy atom. The van der Waals surface area contributed by atoms with Crippen molar-refractivity contribution < 1.29 is 22.7 Å². The fourth-order valence-electron chi connectivity index (χ4n) is 4.00. The smallest absolute Gasteiger partial charge is 0.433 e. The van der Waals surface area contributed by atoms with Crippen LogP contribution in [-0.2, 0) is 12.7 Å². The Hall–Kier alpha value is -4.08. The number of carbonyl (C=O) groups is 1. The van der Waals surface area contributed by atoms with Crippen molar-refractivity contribution in [2.45, 2.75) is 19.1 Å². The average Bonchev–Trinajstić information content (AvgIpc) is 3.16.